The number of anilines is 1. The van der Waals surface area contributed by atoms with Gasteiger partial charge in [-0.1, -0.05) is 29.8 Å². The lowest BCUT2D eigenvalue weighted by Crippen LogP contribution is -2.34. The molecule has 0 radical (unpaired) electrons. The van der Waals surface area contributed by atoms with Crippen molar-refractivity contribution in [1.82, 2.24) is 4.90 Å². The zero-order chi connectivity index (χ0) is 19.7. The standard InChI is InChI=1S/C22H26N2O3S/c1-14-7-5-8-15(13-14)17-10-6-12-24(17)22(26)23-20-19(21(25)27-2)16-9-3-4-11-18(16)28-20/h5,7-8,13,17H,3-4,6,9-12H2,1-2H3,(H,23,26)/t17-/m1/s1. The van der Waals surface area contributed by atoms with Crippen LogP contribution in [0.3, 0.4) is 0 Å². The molecule has 0 unspecified atom stereocenters. The van der Waals surface area contributed by atoms with E-state index in [0.717, 1.165) is 50.6 Å². The molecule has 1 aliphatic heterocycles. The first-order valence-electron chi connectivity index (χ1n) is 9.95. The van der Waals surface area contributed by atoms with E-state index in [4.69, 9.17) is 4.74 Å². The van der Waals surface area contributed by atoms with E-state index in [1.54, 1.807) is 0 Å². The van der Waals surface area contributed by atoms with Crippen LogP contribution in [-0.4, -0.2) is 30.6 Å². The number of likely N-dealkylation sites (tertiary alicyclic amines) is 1. The second-order valence-electron chi connectivity index (χ2n) is 7.60. The number of methoxy groups -OCH3 is 1. The molecule has 4 rings (SSSR count). The van der Waals surface area contributed by atoms with E-state index in [1.807, 2.05) is 11.0 Å². The number of thiophene rings is 1. The van der Waals surface area contributed by atoms with E-state index in [0.29, 0.717) is 10.6 Å². The van der Waals surface area contributed by atoms with E-state index in [9.17, 15) is 9.59 Å². The van der Waals surface area contributed by atoms with E-state index in [-0.39, 0.29) is 18.0 Å². The molecular formula is C22H26N2O3S. The summed E-state index contributed by atoms with van der Waals surface area (Å²) in [6.07, 6.45) is 5.99. The molecule has 5 nitrogen and oxygen atoms in total. The maximum absolute atomic E-state index is 13.1. The highest BCUT2D eigenvalue weighted by Crippen LogP contribution is 2.39. The number of urea groups is 1. The van der Waals surface area contributed by atoms with Gasteiger partial charge in [0.15, 0.2) is 0 Å². The van der Waals surface area contributed by atoms with Gasteiger partial charge in [-0.05, 0) is 56.6 Å². The van der Waals surface area contributed by atoms with Crippen LogP contribution in [-0.2, 0) is 17.6 Å². The Labute approximate surface area is 169 Å². The Balaban J connectivity index is 1.59. The number of esters is 1. The fourth-order valence-corrected chi connectivity index (χ4v) is 5.64. The summed E-state index contributed by atoms with van der Waals surface area (Å²) in [7, 11) is 1.40. The summed E-state index contributed by atoms with van der Waals surface area (Å²) in [4.78, 5) is 28.6. The van der Waals surface area contributed by atoms with Gasteiger partial charge in [-0.25, -0.2) is 9.59 Å². The van der Waals surface area contributed by atoms with Gasteiger partial charge < -0.3 is 9.64 Å². The first-order valence-corrected chi connectivity index (χ1v) is 10.8. The van der Waals surface area contributed by atoms with Crippen molar-refractivity contribution < 1.29 is 14.3 Å². The third kappa shape index (κ3) is 3.53. The quantitative estimate of drug-likeness (QED) is 0.733. The van der Waals surface area contributed by atoms with Gasteiger partial charge in [-0.3, -0.25) is 5.32 Å². The Bertz CT molecular complexity index is 905. The van der Waals surface area contributed by atoms with Crippen LogP contribution in [0.25, 0.3) is 0 Å². The summed E-state index contributed by atoms with van der Waals surface area (Å²) in [6, 6.07) is 8.31. The molecule has 1 fully saturated rings. The monoisotopic (exact) mass is 398 g/mol. The van der Waals surface area contributed by atoms with Gasteiger partial charge in [0.2, 0.25) is 0 Å². The smallest absolute Gasteiger partial charge is 0.341 e. The van der Waals surface area contributed by atoms with Crippen molar-refractivity contribution in [3.05, 3.63) is 51.4 Å². The van der Waals surface area contributed by atoms with Crippen molar-refractivity contribution in [2.24, 2.45) is 0 Å². The molecule has 1 aromatic heterocycles. The average Bonchev–Trinajstić information content (AvgIpc) is 3.32. The summed E-state index contributed by atoms with van der Waals surface area (Å²) in [5.74, 6) is -0.355. The first kappa shape index (κ1) is 19.0. The third-order valence-electron chi connectivity index (χ3n) is 5.72. The predicted octanol–water partition coefficient (Wildman–Crippen LogP) is 5.09. The fraction of sp³-hybridized carbons (Fsp3) is 0.455. The molecular weight excluding hydrogens is 372 g/mol. The maximum Gasteiger partial charge on any atom is 0.341 e. The lowest BCUT2D eigenvalue weighted by molar-refractivity contribution is 0.0601. The van der Waals surface area contributed by atoms with E-state index < -0.39 is 0 Å². The Hall–Kier alpha value is -2.34. The van der Waals surface area contributed by atoms with Crippen LogP contribution in [0.5, 0.6) is 0 Å². The van der Waals surface area contributed by atoms with Crippen molar-refractivity contribution in [3.8, 4) is 0 Å². The number of benzene rings is 1. The molecule has 6 heteroatoms. The number of hydrogen-bond acceptors (Lipinski definition) is 4. The van der Waals surface area contributed by atoms with Crippen LogP contribution in [0.4, 0.5) is 9.80 Å². The van der Waals surface area contributed by atoms with Gasteiger partial charge in [0.05, 0.1) is 18.7 Å². The molecule has 2 heterocycles. The van der Waals surface area contributed by atoms with Crippen molar-refractivity contribution in [1.29, 1.82) is 0 Å². The molecule has 1 N–H and O–H groups in total. The van der Waals surface area contributed by atoms with Gasteiger partial charge in [0.1, 0.15) is 5.00 Å². The van der Waals surface area contributed by atoms with Crippen molar-refractivity contribution >= 4 is 28.3 Å². The lowest BCUT2D eigenvalue weighted by Gasteiger charge is -2.25. The van der Waals surface area contributed by atoms with Gasteiger partial charge in [0, 0.05) is 11.4 Å². The largest absolute Gasteiger partial charge is 0.465 e. The molecule has 0 spiro atoms. The molecule has 1 aliphatic carbocycles. The Morgan fingerprint density at radius 2 is 2.04 bits per heavy atom. The zero-order valence-electron chi connectivity index (χ0n) is 16.4. The molecule has 28 heavy (non-hydrogen) atoms. The summed E-state index contributed by atoms with van der Waals surface area (Å²) >= 11 is 1.53. The summed E-state index contributed by atoms with van der Waals surface area (Å²) in [5, 5.41) is 3.68. The minimum Gasteiger partial charge on any atom is -0.465 e. The van der Waals surface area contributed by atoms with Crippen LogP contribution >= 0.6 is 11.3 Å². The van der Waals surface area contributed by atoms with Crippen LogP contribution in [0.15, 0.2) is 24.3 Å². The number of nitrogens with zero attached hydrogens (tertiary/aromatic N) is 1. The number of nitrogens with one attached hydrogen (secondary N) is 1. The summed E-state index contributed by atoms with van der Waals surface area (Å²) in [5.41, 5.74) is 3.99. The molecule has 1 aromatic carbocycles. The summed E-state index contributed by atoms with van der Waals surface area (Å²) in [6.45, 7) is 2.80. The van der Waals surface area contributed by atoms with Crippen LogP contribution < -0.4 is 5.32 Å². The van der Waals surface area contributed by atoms with Crippen LogP contribution in [0.1, 0.15) is 63.7 Å². The number of carbonyl (C=O) groups is 2. The molecule has 2 amide bonds. The third-order valence-corrected chi connectivity index (χ3v) is 6.93. The number of amides is 2. The van der Waals surface area contributed by atoms with Crippen molar-refractivity contribution in [2.45, 2.75) is 51.5 Å². The summed E-state index contributed by atoms with van der Waals surface area (Å²) < 4.78 is 5.01. The van der Waals surface area contributed by atoms with E-state index >= 15 is 0 Å². The Morgan fingerprint density at radius 1 is 1.21 bits per heavy atom. The molecule has 0 bridgehead atoms. The van der Waals surface area contributed by atoms with Gasteiger partial charge in [0.25, 0.3) is 0 Å². The average molecular weight is 399 g/mol. The number of fused-ring (bicyclic) bond motifs is 1. The van der Waals surface area contributed by atoms with Crippen molar-refractivity contribution in [2.75, 3.05) is 19.0 Å². The SMILES string of the molecule is COC(=O)c1c(NC(=O)N2CCC[C@@H]2c2cccc(C)c2)sc2c1CCCC2. The fourth-order valence-electron chi connectivity index (χ4n) is 4.37. The van der Waals surface area contributed by atoms with Crippen LogP contribution in [0.2, 0.25) is 0 Å². The number of carbonyl (C=O) groups excluding carboxylic acids is 2. The van der Waals surface area contributed by atoms with E-state index in [1.165, 1.54) is 34.5 Å². The van der Waals surface area contributed by atoms with E-state index in [2.05, 4.69) is 30.4 Å². The zero-order valence-corrected chi connectivity index (χ0v) is 17.2. The molecule has 0 saturated carbocycles. The number of ether oxygens (including phenoxy) is 1. The first-order chi connectivity index (χ1) is 13.6. The van der Waals surface area contributed by atoms with Gasteiger partial charge >= 0.3 is 12.0 Å². The lowest BCUT2D eigenvalue weighted by atomic mass is 9.95. The predicted molar refractivity (Wildman–Crippen MR) is 111 cm³/mol. The minimum atomic E-state index is -0.355. The Kier molecular flexibility index (Phi) is 5.40. The highest BCUT2D eigenvalue weighted by molar-refractivity contribution is 7.17. The number of aryl methyl sites for hydroxylation is 2. The molecule has 2 aromatic rings. The number of hydrogen-bond donors (Lipinski definition) is 1. The Morgan fingerprint density at radius 3 is 2.82 bits per heavy atom. The highest BCUT2D eigenvalue weighted by Gasteiger charge is 2.32. The van der Waals surface area contributed by atoms with Crippen molar-refractivity contribution in [3.63, 3.8) is 0 Å². The van der Waals surface area contributed by atoms with Gasteiger partial charge in [-0.2, -0.15) is 0 Å². The minimum absolute atomic E-state index is 0.0797. The van der Waals surface area contributed by atoms with Crippen LogP contribution in [0, 0.1) is 6.92 Å². The molecule has 1 atom stereocenters. The van der Waals surface area contributed by atoms with Gasteiger partial charge in [-0.15, -0.1) is 11.3 Å². The normalized spacial score (nSPS) is 18.6. The second-order valence-corrected chi connectivity index (χ2v) is 8.71. The number of rotatable bonds is 3. The molecule has 2 aliphatic rings. The molecule has 148 valence electrons. The molecule has 1 saturated heterocycles. The maximum atomic E-state index is 13.1. The topological polar surface area (TPSA) is 58.6 Å². The highest BCUT2D eigenvalue weighted by atomic mass is 32.1. The second kappa shape index (κ2) is 7.95.